The average molecular weight is 200 g/mol. The summed E-state index contributed by atoms with van der Waals surface area (Å²) < 4.78 is 0. The van der Waals surface area contributed by atoms with Crippen LogP contribution >= 0.6 is 0 Å². The molecule has 0 aromatic carbocycles. The van der Waals surface area contributed by atoms with Crippen LogP contribution in [0.15, 0.2) is 0 Å². The van der Waals surface area contributed by atoms with Crippen LogP contribution in [0.25, 0.3) is 0 Å². The molecule has 84 valence electrons. The topological polar surface area (TPSA) is 35.5 Å². The van der Waals surface area contributed by atoms with Crippen molar-refractivity contribution in [2.75, 3.05) is 33.2 Å². The van der Waals surface area contributed by atoms with E-state index in [1.165, 1.54) is 32.5 Å². The van der Waals surface area contributed by atoms with Gasteiger partial charge in [-0.25, -0.2) is 0 Å². The SMILES string of the molecule is CC(O)CCN(C)CC1CCCNC1. The van der Waals surface area contributed by atoms with Crippen molar-refractivity contribution < 1.29 is 5.11 Å². The predicted octanol–water partition coefficient (Wildman–Crippen LogP) is 0.689. The van der Waals surface area contributed by atoms with E-state index in [-0.39, 0.29) is 6.10 Å². The van der Waals surface area contributed by atoms with Crippen molar-refractivity contribution in [2.24, 2.45) is 5.92 Å². The largest absolute Gasteiger partial charge is 0.393 e. The van der Waals surface area contributed by atoms with Crippen LogP contribution in [0.3, 0.4) is 0 Å². The van der Waals surface area contributed by atoms with Crippen LogP contribution in [-0.2, 0) is 0 Å². The second kappa shape index (κ2) is 6.38. The fourth-order valence-corrected chi connectivity index (χ4v) is 2.02. The summed E-state index contributed by atoms with van der Waals surface area (Å²) in [4.78, 5) is 2.34. The van der Waals surface area contributed by atoms with Crippen molar-refractivity contribution in [1.29, 1.82) is 0 Å². The molecule has 0 bridgehead atoms. The first-order chi connectivity index (χ1) is 6.68. The molecule has 1 rings (SSSR count). The lowest BCUT2D eigenvalue weighted by Crippen LogP contribution is -2.37. The van der Waals surface area contributed by atoms with E-state index in [4.69, 9.17) is 5.11 Å². The Morgan fingerprint density at radius 2 is 2.36 bits per heavy atom. The van der Waals surface area contributed by atoms with Crippen LogP contribution in [0.2, 0.25) is 0 Å². The second-order valence-electron chi connectivity index (χ2n) is 4.61. The normalized spacial score (nSPS) is 25.3. The monoisotopic (exact) mass is 200 g/mol. The molecule has 0 aromatic rings. The minimum absolute atomic E-state index is 0.165. The molecule has 2 unspecified atom stereocenters. The second-order valence-corrected chi connectivity index (χ2v) is 4.61. The summed E-state index contributed by atoms with van der Waals surface area (Å²) in [6, 6.07) is 0. The molecule has 3 heteroatoms. The Kier molecular flexibility index (Phi) is 5.45. The molecule has 0 radical (unpaired) electrons. The van der Waals surface area contributed by atoms with Crippen molar-refractivity contribution >= 4 is 0 Å². The van der Waals surface area contributed by atoms with E-state index in [0.717, 1.165) is 18.9 Å². The molecule has 1 fully saturated rings. The van der Waals surface area contributed by atoms with Gasteiger partial charge in [0.2, 0.25) is 0 Å². The van der Waals surface area contributed by atoms with Crippen LogP contribution in [-0.4, -0.2) is 49.3 Å². The number of nitrogens with zero attached hydrogens (tertiary/aromatic N) is 1. The summed E-state index contributed by atoms with van der Waals surface area (Å²) in [6.45, 7) is 6.39. The molecule has 0 saturated carbocycles. The number of aliphatic hydroxyl groups excluding tert-OH is 1. The highest BCUT2D eigenvalue weighted by Crippen LogP contribution is 2.11. The van der Waals surface area contributed by atoms with Crippen molar-refractivity contribution in [1.82, 2.24) is 10.2 Å². The quantitative estimate of drug-likeness (QED) is 0.685. The molecule has 0 spiro atoms. The van der Waals surface area contributed by atoms with E-state index in [1.54, 1.807) is 0 Å². The first-order valence-corrected chi connectivity index (χ1v) is 5.76. The van der Waals surface area contributed by atoms with Crippen molar-refractivity contribution in [2.45, 2.75) is 32.3 Å². The smallest absolute Gasteiger partial charge is 0.0524 e. The molecule has 1 aliphatic heterocycles. The van der Waals surface area contributed by atoms with Gasteiger partial charge in [0.05, 0.1) is 6.10 Å². The zero-order valence-electron chi connectivity index (χ0n) is 9.50. The van der Waals surface area contributed by atoms with Crippen molar-refractivity contribution in [3.05, 3.63) is 0 Å². The molecule has 0 aliphatic carbocycles. The first kappa shape index (κ1) is 12.0. The van der Waals surface area contributed by atoms with Gasteiger partial charge in [0.25, 0.3) is 0 Å². The highest BCUT2D eigenvalue weighted by molar-refractivity contribution is 4.71. The van der Waals surface area contributed by atoms with Crippen LogP contribution < -0.4 is 5.32 Å². The van der Waals surface area contributed by atoms with Crippen LogP contribution in [0.1, 0.15) is 26.2 Å². The number of rotatable bonds is 5. The Balaban J connectivity index is 2.09. The highest BCUT2D eigenvalue weighted by Gasteiger charge is 2.14. The van der Waals surface area contributed by atoms with E-state index in [9.17, 15) is 0 Å². The number of hydrogen-bond donors (Lipinski definition) is 2. The van der Waals surface area contributed by atoms with Crippen molar-refractivity contribution in [3.8, 4) is 0 Å². The van der Waals surface area contributed by atoms with E-state index in [1.807, 2.05) is 6.92 Å². The third-order valence-electron chi connectivity index (χ3n) is 2.90. The Labute approximate surface area is 87.5 Å². The van der Waals surface area contributed by atoms with Gasteiger partial charge in [-0.2, -0.15) is 0 Å². The Hall–Kier alpha value is -0.120. The molecule has 0 amide bonds. The van der Waals surface area contributed by atoms with Gasteiger partial charge in [0, 0.05) is 13.1 Å². The number of hydrogen-bond acceptors (Lipinski definition) is 3. The molecular weight excluding hydrogens is 176 g/mol. The van der Waals surface area contributed by atoms with E-state index < -0.39 is 0 Å². The van der Waals surface area contributed by atoms with Crippen molar-refractivity contribution in [3.63, 3.8) is 0 Å². The third kappa shape index (κ3) is 4.94. The maximum Gasteiger partial charge on any atom is 0.0524 e. The molecule has 1 heterocycles. The lowest BCUT2D eigenvalue weighted by molar-refractivity contribution is 0.155. The Morgan fingerprint density at radius 1 is 1.57 bits per heavy atom. The number of nitrogens with one attached hydrogen (secondary N) is 1. The first-order valence-electron chi connectivity index (χ1n) is 5.76. The molecule has 2 N–H and O–H groups in total. The summed E-state index contributed by atoms with van der Waals surface area (Å²) in [6.07, 6.45) is 3.39. The third-order valence-corrected chi connectivity index (χ3v) is 2.90. The zero-order valence-corrected chi connectivity index (χ0v) is 9.50. The van der Waals surface area contributed by atoms with Crippen LogP contribution in [0, 0.1) is 5.92 Å². The number of piperidine rings is 1. The fraction of sp³-hybridized carbons (Fsp3) is 1.00. The summed E-state index contributed by atoms with van der Waals surface area (Å²) in [5.41, 5.74) is 0. The minimum Gasteiger partial charge on any atom is -0.393 e. The molecule has 3 nitrogen and oxygen atoms in total. The maximum absolute atomic E-state index is 9.17. The van der Waals surface area contributed by atoms with Gasteiger partial charge >= 0.3 is 0 Å². The molecule has 0 aromatic heterocycles. The lowest BCUT2D eigenvalue weighted by Gasteiger charge is -2.27. The van der Waals surface area contributed by atoms with Gasteiger partial charge < -0.3 is 15.3 Å². The molecule has 1 aliphatic rings. The van der Waals surface area contributed by atoms with E-state index >= 15 is 0 Å². The van der Waals surface area contributed by atoms with Gasteiger partial charge in [-0.1, -0.05) is 0 Å². The highest BCUT2D eigenvalue weighted by atomic mass is 16.3. The Morgan fingerprint density at radius 3 is 2.93 bits per heavy atom. The summed E-state index contributed by atoms with van der Waals surface area (Å²) in [7, 11) is 2.15. The molecular formula is C11H24N2O. The summed E-state index contributed by atoms with van der Waals surface area (Å²) >= 11 is 0. The van der Waals surface area contributed by atoms with E-state index in [0.29, 0.717) is 0 Å². The summed E-state index contributed by atoms with van der Waals surface area (Å²) in [5.74, 6) is 0.808. The van der Waals surface area contributed by atoms with E-state index in [2.05, 4.69) is 17.3 Å². The fourth-order valence-electron chi connectivity index (χ4n) is 2.02. The summed E-state index contributed by atoms with van der Waals surface area (Å²) in [5, 5.41) is 12.6. The van der Waals surface area contributed by atoms with Gasteiger partial charge in [-0.15, -0.1) is 0 Å². The molecule has 2 atom stereocenters. The maximum atomic E-state index is 9.17. The lowest BCUT2D eigenvalue weighted by atomic mass is 9.99. The van der Waals surface area contributed by atoms with Gasteiger partial charge in [0.15, 0.2) is 0 Å². The zero-order chi connectivity index (χ0) is 10.4. The van der Waals surface area contributed by atoms with Crippen LogP contribution in [0.5, 0.6) is 0 Å². The predicted molar refractivity (Wildman–Crippen MR) is 59.4 cm³/mol. The molecule has 1 saturated heterocycles. The van der Waals surface area contributed by atoms with Gasteiger partial charge in [-0.3, -0.25) is 0 Å². The molecule has 14 heavy (non-hydrogen) atoms. The number of aliphatic hydroxyl groups is 1. The standard InChI is InChI=1S/C11H24N2O/c1-10(14)5-7-13(2)9-11-4-3-6-12-8-11/h10-12,14H,3-9H2,1-2H3. The van der Waals surface area contributed by atoms with Gasteiger partial charge in [-0.05, 0) is 52.2 Å². The van der Waals surface area contributed by atoms with Gasteiger partial charge in [0.1, 0.15) is 0 Å². The average Bonchev–Trinajstić information content (AvgIpc) is 2.16. The Bertz CT molecular complexity index is 144. The minimum atomic E-state index is -0.165. The van der Waals surface area contributed by atoms with Crippen LogP contribution in [0.4, 0.5) is 0 Å².